The van der Waals surface area contributed by atoms with E-state index in [9.17, 15) is 13.5 Å². The second kappa shape index (κ2) is 7.76. The molecule has 0 spiro atoms. The molecule has 23 heavy (non-hydrogen) atoms. The summed E-state index contributed by atoms with van der Waals surface area (Å²) in [7, 11) is -3.37. The fourth-order valence-corrected chi connectivity index (χ4v) is 5.80. The Kier molecular flexibility index (Phi) is 5.92. The van der Waals surface area contributed by atoms with Crippen LogP contribution < -0.4 is 0 Å². The Morgan fingerprint density at radius 2 is 1.61 bits per heavy atom. The van der Waals surface area contributed by atoms with Crippen molar-refractivity contribution in [1.29, 1.82) is 0 Å². The van der Waals surface area contributed by atoms with E-state index in [0.29, 0.717) is 26.2 Å². The molecule has 0 aromatic carbocycles. The minimum Gasteiger partial charge on any atom is -0.396 e. The minimum absolute atomic E-state index is 0.0483. The lowest BCUT2D eigenvalue weighted by atomic mass is 9.90. The Balaban J connectivity index is 1.65. The molecule has 3 rings (SSSR count). The Labute approximate surface area is 139 Å². The Hall–Kier alpha value is -0.250. The molecule has 0 aromatic rings. The van der Waals surface area contributed by atoms with Gasteiger partial charge in [0.15, 0.2) is 0 Å². The fourth-order valence-electron chi connectivity index (χ4n) is 3.95. The first-order chi connectivity index (χ1) is 11.1. The maximum Gasteiger partial charge on any atom is 0.281 e. The number of aliphatic hydroxyl groups is 1. The number of hydrogen-bond donors (Lipinski definition) is 1. The highest BCUT2D eigenvalue weighted by atomic mass is 32.2. The third-order valence-corrected chi connectivity index (χ3v) is 7.15. The summed E-state index contributed by atoms with van der Waals surface area (Å²) in [5, 5.41) is 9.59. The number of aliphatic hydroxyl groups excluding tert-OH is 1. The Morgan fingerprint density at radius 1 is 0.957 bits per heavy atom. The number of morpholine rings is 1. The van der Waals surface area contributed by atoms with E-state index in [4.69, 9.17) is 4.74 Å². The van der Waals surface area contributed by atoms with Crippen molar-refractivity contribution in [3.05, 3.63) is 0 Å². The van der Waals surface area contributed by atoms with Crippen LogP contribution in [0.2, 0.25) is 0 Å². The van der Waals surface area contributed by atoms with E-state index < -0.39 is 10.2 Å². The van der Waals surface area contributed by atoms with E-state index in [1.807, 2.05) is 0 Å². The number of hydrogen-bond acceptors (Lipinski definition) is 5. The van der Waals surface area contributed by atoms with Gasteiger partial charge in [-0.3, -0.25) is 4.90 Å². The van der Waals surface area contributed by atoms with Gasteiger partial charge in [-0.2, -0.15) is 17.0 Å². The van der Waals surface area contributed by atoms with Gasteiger partial charge in [0, 0.05) is 52.4 Å². The summed E-state index contributed by atoms with van der Waals surface area (Å²) in [6, 6.07) is 0. The predicted molar refractivity (Wildman–Crippen MR) is 87.2 cm³/mol. The molecule has 0 radical (unpaired) electrons. The molecule has 134 valence electrons. The molecule has 2 atom stereocenters. The summed E-state index contributed by atoms with van der Waals surface area (Å²) in [6.07, 6.45) is 2.81. The van der Waals surface area contributed by atoms with Crippen LogP contribution in [0.4, 0.5) is 0 Å². The van der Waals surface area contributed by atoms with Gasteiger partial charge in [-0.15, -0.1) is 0 Å². The van der Waals surface area contributed by atoms with Gasteiger partial charge in [-0.05, 0) is 31.1 Å². The fraction of sp³-hybridized carbons (Fsp3) is 1.00. The number of nitrogens with zero attached hydrogens (tertiary/aromatic N) is 3. The minimum atomic E-state index is -3.37. The average Bonchev–Trinajstić information content (AvgIpc) is 3.11. The third kappa shape index (κ3) is 4.24. The summed E-state index contributed by atoms with van der Waals surface area (Å²) in [4.78, 5) is 2.36. The second-order valence-corrected chi connectivity index (χ2v) is 8.92. The Bertz CT molecular complexity index is 475. The van der Waals surface area contributed by atoms with E-state index in [2.05, 4.69) is 4.90 Å². The zero-order valence-electron chi connectivity index (χ0n) is 13.8. The molecule has 0 amide bonds. The predicted octanol–water partition coefficient (Wildman–Crippen LogP) is -0.410. The third-order valence-electron chi connectivity index (χ3n) is 5.19. The van der Waals surface area contributed by atoms with Crippen molar-refractivity contribution in [2.75, 3.05) is 65.6 Å². The first-order valence-corrected chi connectivity index (χ1v) is 10.2. The van der Waals surface area contributed by atoms with Crippen molar-refractivity contribution < 1.29 is 18.3 Å². The first-order valence-electron chi connectivity index (χ1n) is 8.76. The van der Waals surface area contributed by atoms with Gasteiger partial charge in [0.05, 0.1) is 13.2 Å². The van der Waals surface area contributed by atoms with Crippen LogP contribution >= 0.6 is 0 Å². The van der Waals surface area contributed by atoms with Gasteiger partial charge < -0.3 is 9.84 Å². The topological polar surface area (TPSA) is 73.3 Å². The molecule has 3 saturated heterocycles. The molecule has 8 heteroatoms. The molecular formula is C15H29N3O4S. The molecule has 0 aromatic heterocycles. The summed E-state index contributed by atoms with van der Waals surface area (Å²) in [6.45, 7) is 6.60. The lowest BCUT2D eigenvalue weighted by molar-refractivity contribution is 0.0204. The van der Waals surface area contributed by atoms with E-state index in [0.717, 1.165) is 52.1 Å². The van der Waals surface area contributed by atoms with Crippen LogP contribution in [-0.4, -0.2) is 92.7 Å². The summed E-state index contributed by atoms with van der Waals surface area (Å²) in [5.41, 5.74) is 0. The van der Waals surface area contributed by atoms with Crippen LogP contribution in [0, 0.1) is 11.8 Å². The Morgan fingerprint density at radius 3 is 2.26 bits per heavy atom. The standard InChI is InChI=1S/C15H29N3O4S/c19-13-15-9-14(10-16-5-7-22-8-6-16)11-18(12-15)23(20,21)17-3-1-2-4-17/h14-15,19H,1-13H2/t14-,15-/m1/s1. The maximum atomic E-state index is 12.8. The van der Waals surface area contributed by atoms with E-state index in [1.165, 1.54) is 0 Å². The van der Waals surface area contributed by atoms with Crippen LogP contribution in [-0.2, 0) is 14.9 Å². The monoisotopic (exact) mass is 347 g/mol. The van der Waals surface area contributed by atoms with Crippen molar-refractivity contribution >= 4 is 10.2 Å². The van der Waals surface area contributed by atoms with Gasteiger partial charge in [0.25, 0.3) is 10.2 Å². The largest absolute Gasteiger partial charge is 0.396 e. The van der Waals surface area contributed by atoms with Crippen LogP contribution in [0.1, 0.15) is 19.3 Å². The van der Waals surface area contributed by atoms with Crippen molar-refractivity contribution in [2.45, 2.75) is 19.3 Å². The lowest BCUT2D eigenvalue weighted by Crippen LogP contribution is -2.52. The summed E-state index contributed by atoms with van der Waals surface area (Å²) >= 11 is 0. The highest BCUT2D eigenvalue weighted by molar-refractivity contribution is 7.86. The molecule has 0 saturated carbocycles. The molecule has 0 bridgehead atoms. The molecule has 3 aliphatic heterocycles. The zero-order valence-corrected chi connectivity index (χ0v) is 14.6. The lowest BCUT2D eigenvalue weighted by Gasteiger charge is -2.40. The van der Waals surface area contributed by atoms with Gasteiger partial charge >= 0.3 is 0 Å². The first kappa shape index (κ1) is 17.6. The van der Waals surface area contributed by atoms with Crippen LogP contribution in [0.25, 0.3) is 0 Å². The van der Waals surface area contributed by atoms with Gasteiger partial charge in [-0.1, -0.05) is 0 Å². The summed E-state index contributed by atoms with van der Waals surface area (Å²) in [5.74, 6) is 0.337. The summed E-state index contributed by atoms with van der Waals surface area (Å²) < 4.78 is 34.3. The number of rotatable bonds is 5. The van der Waals surface area contributed by atoms with Crippen molar-refractivity contribution in [2.24, 2.45) is 11.8 Å². The van der Waals surface area contributed by atoms with Crippen molar-refractivity contribution in [1.82, 2.24) is 13.5 Å². The highest BCUT2D eigenvalue weighted by Gasteiger charge is 2.38. The van der Waals surface area contributed by atoms with Crippen LogP contribution in [0.15, 0.2) is 0 Å². The molecule has 0 unspecified atom stereocenters. The van der Waals surface area contributed by atoms with E-state index in [1.54, 1.807) is 8.61 Å². The van der Waals surface area contributed by atoms with E-state index >= 15 is 0 Å². The number of ether oxygens (including phenoxy) is 1. The van der Waals surface area contributed by atoms with Crippen molar-refractivity contribution in [3.63, 3.8) is 0 Å². The zero-order chi connectivity index (χ0) is 16.3. The molecule has 3 fully saturated rings. The molecule has 3 aliphatic rings. The van der Waals surface area contributed by atoms with Crippen LogP contribution in [0.5, 0.6) is 0 Å². The molecule has 0 aliphatic carbocycles. The second-order valence-electron chi connectivity index (χ2n) is 6.99. The molecule has 7 nitrogen and oxygen atoms in total. The quantitative estimate of drug-likeness (QED) is 0.732. The van der Waals surface area contributed by atoms with Gasteiger partial charge in [0.1, 0.15) is 0 Å². The smallest absolute Gasteiger partial charge is 0.281 e. The van der Waals surface area contributed by atoms with Crippen LogP contribution in [0.3, 0.4) is 0 Å². The molecule has 3 heterocycles. The SMILES string of the molecule is O=S(=O)(N1CCCC1)N1C[C@H](CO)C[C@H](CN2CCOCC2)C1. The normalized spacial score (nSPS) is 32.4. The highest BCUT2D eigenvalue weighted by Crippen LogP contribution is 2.27. The number of piperidine rings is 1. The molecular weight excluding hydrogens is 318 g/mol. The maximum absolute atomic E-state index is 12.8. The van der Waals surface area contributed by atoms with E-state index in [-0.39, 0.29) is 18.4 Å². The van der Waals surface area contributed by atoms with Crippen molar-refractivity contribution in [3.8, 4) is 0 Å². The van der Waals surface area contributed by atoms with Gasteiger partial charge in [0.2, 0.25) is 0 Å². The van der Waals surface area contributed by atoms with Gasteiger partial charge in [-0.25, -0.2) is 0 Å². The average molecular weight is 347 g/mol. The molecule has 1 N–H and O–H groups in total.